The molecule has 0 aliphatic carbocycles. The van der Waals surface area contributed by atoms with Gasteiger partial charge in [0.25, 0.3) is 0 Å². The number of nitrogens with one attached hydrogen (secondary N) is 1. The van der Waals surface area contributed by atoms with Gasteiger partial charge >= 0.3 is 5.97 Å². The van der Waals surface area contributed by atoms with Crippen LogP contribution in [0.2, 0.25) is 0 Å². The van der Waals surface area contributed by atoms with Crippen LogP contribution in [0.1, 0.15) is 50.4 Å². The first-order chi connectivity index (χ1) is 16.1. The van der Waals surface area contributed by atoms with Gasteiger partial charge in [-0.2, -0.15) is 0 Å². The van der Waals surface area contributed by atoms with Crippen molar-refractivity contribution in [1.29, 1.82) is 0 Å². The highest BCUT2D eigenvalue weighted by Crippen LogP contribution is 2.36. The number of halogens is 2. The Morgan fingerprint density at radius 3 is 2.41 bits per heavy atom. The van der Waals surface area contributed by atoms with Gasteiger partial charge < -0.3 is 29.4 Å². The Morgan fingerprint density at radius 2 is 1.79 bits per heavy atom. The molecular weight excluding hydrogens is 664 g/mol. The fourth-order valence-corrected chi connectivity index (χ4v) is 5.33. The summed E-state index contributed by atoms with van der Waals surface area (Å²) < 4.78 is 24.0. The Kier molecular flexibility index (Phi) is 12.5. The molecule has 0 saturated carbocycles. The van der Waals surface area contributed by atoms with Gasteiger partial charge in [-0.3, -0.25) is 4.79 Å². The van der Waals surface area contributed by atoms with Crippen LogP contribution in [0.15, 0.2) is 42.5 Å². The molecule has 0 amide bonds. The molecule has 2 aromatic carbocycles. The van der Waals surface area contributed by atoms with Gasteiger partial charge in [0.05, 0.1) is 35.9 Å². The maximum Gasteiger partial charge on any atom is 0.308 e. The van der Waals surface area contributed by atoms with E-state index in [0.29, 0.717) is 19.0 Å². The van der Waals surface area contributed by atoms with Crippen molar-refractivity contribution in [3.63, 3.8) is 0 Å². The summed E-state index contributed by atoms with van der Waals surface area (Å²) in [6.45, 7) is 6.32. The number of aliphatic hydroxyl groups excluding tert-OH is 1. The monoisotopic (exact) mass is 697 g/mol. The van der Waals surface area contributed by atoms with Crippen LogP contribution in [-0.2, 0) is 19.0 Å². The topological polar surface area (TPSA) is 86.3 Å². The lowest BCUT2D eigenvalue weighted by atomic mass is 9.99. The molecule has 7 nitrogen and oxygen atoms in total. The van der Waals surface area contributed by atoms with Crippen molar-refractivity contribution in [2.24, 2.45) is 0 Å². The highest BCUT2D eigenvalue weighted by Gasteiger charge is 2.28. The van der Waals surface area contributed by atoms with Crippen molar-refractivity contribution in [3.05, 3.63) is 60.7 Å². The summed E-state index contributed by atoms with van der Waals surface area (Å²) in [5.41, 5.74) is 1.11. The van der Waals surface area contributed by atoms with E-state index >= 15 is 0 Å². The predicted molar refractivity (Wildman–Crippen MR) is 148 cm³/mol. The average molecular weight is 697 g/mol. The van der Waals surface area contributed by atoms with E-state index in [1.165, 1.54) is 0 Å². The number of carbonyl (C=O) groups is 1. The fourth-order valence-electron chi connectivity index (χ4n) is 3.28. The Bertz CT molecular complexity index is 904. The lowest BCUT2D eigenvalue weighted by Gasteiger charge is -2.28. The van der Waals surface area contributed by atoms with Crippen LogP contribution in [0.4, 0.5) is 0 Å². The summed E-state index contributed by atoms with van der Waals surface area (Å²) >= 11 is 4.47. The summed E-state index contributed by atoms with van der Waals surface area (Å²) in [6.07, 6.45) is 0.0671. The second kappa shape index (κ2) is 14.5. The van der Waals surface area contributed by atoms with Gasteiger partial charge in [-0.1, -0.05) is 30.3 Å². The van der Waals surface area contributed by atoms with Crippen LogP contribution in [0.5, 0.6) is 5.75 Å². The number of methoxy groups -OCH3 is 1. The van der Waals surface area contributed by atoms with Gasteiger partial charge in [0.15, 0.2) is 6.79 Å². The third kappa shape index (κ3) is 9.94. The molecule has 2 N–H and O–H groups in total. The van der Waals surface area contributed by atoms with E-state index in [1.54, 1.807) is 7.11 Å². The molecule has 34 heavy (non-hydrogen) atoms. The number of esters is 1. The zero-order chi connectivity index (χ0) is 25.1. The third-order valence-corrected chi connectivity index (χ3v) is 6.13. The minimum atomic E-state index is -0.606. The molecule has 0 spiro atoms. The second-order valence-electron chi connectivity index (χ2n) is 8.62. The van der Waals surface area contributed by atoms with Gasteiger partial charge in [0.2, 0.25) is 0 Å². The van der Waals surface area contributed by atoms with E-state index in [-0.39, 0.29) is 31.8 Å². The van der Waals surface area contributed by atoms with Gasteiger partial charge in [0, 0.05) is 22.3 Å². The Hall–Kier alpha value is -0.990. The molecule has 9 heteroatoms. The third-order valence-electron chi connectivity index (χ3n) is 4.71. The number of hydrogen-bond acceptors (Lipinski definition) is 7. The summed E-state index contributed by atoms with van der Waals surface area (Å²) in [5, 5.41) is 13.6. The molecule has 0 saturated heterocycles. The van der Waals surface area contributed by atoms with Crippen LogP contribution < -0.4 is 10.1 Å². The Morgan fingerprint density at radius 1 is 1.09 bits per heavy atom. The van der Waals surface area contributed by atoms with Crippen LogP contribution in [0.25, 0.3) is 0 Å². The van der Waals surface area contributed by atoms with E-state index < -0.39 is 11.6 Å². The molecule has 2 rings (SSSR count). The first-order valence-corrected chi connectivity index (χ1v) is 13.1. The lowest BCUT2D eigenvalue weighted by Crippen LogP contribution is -2.33. The van der Waals surface area contributed by atoms with Crippen LogP contribution in [-0.4, -0.2) is 50.4 Å². The van der Waals surface area contributed by atoms with E-state index in [0.717, 1.165) is 18.3 Å². The number of aliphatic hydroxyl groups is 1. The van der Waals surface area contributed by atoms with Crippen LogP contribution in [0.3, 0.4) is 0 Å². The van der Waals surface area contributed by atoms with Crippen molar-refractivity contribution >= 4 is 51.2 Å². The van der Waals surface area contributed by atoms with Gasteiger partial charge in [-0.15, -0.1) is 0 Å². The van der Waals surface area contributed by atoms with Crippen molar-refractivity contribution in [2.45, 2.75) is 44.9 Å². The van der Waals surface area contributed by atoms with Gasteiger partial charge in [0.1, 0.15) is 11.4 Å². The molecule has 0 heterocycles. The Labute approximate surface area is 229 Å². The lowest BCUT2D eigenvalue weighted by molar-refractivity contribution is -0.155. The highest BCUT2D eigenvalue weighted by atomic mass is 127. The van der Waals surface area contributed by atoms with Crippen molar-refractivity contribution in [3.8, 4) is 5.75 Å². The standard InChI is InChI=1S/C25H33I2NO6/c1-25(2,3)34-23(30)14-21(28-22(15-29)17-8-6-5-7-9-17)19-12-18(26)13-20(27)24(19)33-16-32-11-10-31-4/h5-9,12-13,21-22,28-29H,10-11,14-16H2,1-4H3. The first-order valence-electron chi connectivity index (χ1n) is 11.0. The number of rotatable bonds is 13. The smallest absolute Gasteiger partial charge is 0.308 e. The quantitative estimate of drug-likeness (QED) is 0.132. The summed E-state index contributed by atoms with van der Waals surface area (Å²) in [6, 6.07) is 12.8. The van der Waals surface area contributed by atoms with Gasteiger partial charge in [-0.05, 0) is 83.6 Å². The zero-order valence-electron chi connectivity index (χ0n) is 20.0. The predicted octanol–water partition coefficient (Wildman–Crippen LogP) is 4.99. The average Bonchev–Trinajstić information content (AvgIpc) is 2.76. The molecule has 0 radical (unpaired) electrons. The van der Waals surface area contributed by atoms with Crippen molar-refractivity contribution in [1.82, 2.24) is 5.32 Å². The highest BCUT2D eigenvalue weighted by molar-refractivity contribution is 14.1. The molecular formula is C25H33I2NO6. The van der Waals surface area contributed by atoms with Crippen LogP contribution in [0, 0.1) is 7.14 Å². The molecule has 188 valence electrons. The van der Waals surface area contributed by atoms with Crippen LogP contribution >= 0.6 is 45.2 Å². The molecule has 0 bridgehead atoms. The second-order valence-corrected chi connectivity index (χ2v) is 11.0. The molecule has 0 aromatic heterocycles. The van der Waals surface area contributed by atoms with E-state index in [9.17, 15) is 9.90 Å². The van der Waals surface area contributed by atoms with E-state index in [2.05, 4.69) is 50.5 Å². The SMILES string of the molecule is COCCOCOc1c(I)cc(I)cc1C(CC(=O)OC(C)(C)C)NC(CO)c1ccccc1. The molecule has 0 fully saturated rings. The molecule has 0 aliphatic heterocycles. The maximum absolute atomic E-state index is 12.9. The Balaban J connectivity index is 2.39. The van der Waals surface area contributed by atoms with E-state index in [1.807, 2.05) is 63.2 Å². The fraction of sp³-hybridized carbons (Fsp3) is 0.480. The summed E-state index contributed by atoms with van der Waals surface area (Å²) in [7, 11) is 1.61. The molecule has 2 aromatic rings. The molecule has 2 unspecified atom stereocenters. The zero-order valence-corrected chi connectivity index (χ0v) is 24.3. The summed E-state index contributed by atoms with van der Waals surface area (Å²) in [4.78, 5) is 12.9. The largest absolute Gasteiger partial charge is 0.466 e. The summed E-state index contributed by atoms with van der Waals surface area (Å²) in [5.74, 6) is 0.287. The minimum absolute atomic E-state index is 0.0498. The minimum Gasteiger partial charge on any atom is -0.466 e. The van der Waals surface area contributed by atoms with Crippen molar-refractivity contribution in [2.75, 3.05) is 33.7 Å². The van der Waals surface area contributed by atoms with Crippen molar-refractivity contribution < 1.29 is 28.8 Å². The van der Waals surface area contributed by atoms with E-state index in [4.69, 9.17) is 18.9 Å². The number of benzene rings is 2. The number of hydrogen-bond donors (Lipinski definition) is 2. The number of ether oxygens (including phenoxy) is 4. The number of carbonyl (C=O) groups excluding carboxylic acids is 1. The normalized spacial score (nSPS) is 13.4. The molecule has 0 aliphatic rings. The molecule has 2 atom stereocenters. The first kappa shape index (κ1) is 29.2. The van der Waals surface area contributed by atoms with Gasteiger partial charge in [-0.25, -0.2) is 0 Å². The maximum atomic E-state index is 12.9.